The summed E-state index contributed by atoms with van der Waals surface area (Å²) in [6, 6.07) is 8.09. The molecule has 1 aromatic carbocycles. The van der Waals surface area contributed by atoms with Crippen LogP contribution in [0.25, 0.3) is 11.1 Å². The highest BCUT2D eigenvalue weighted by atomic mass is 79.9. The Labute approximate surface area is 103 Å². The topological polar surface area (TPSA) is 54.7 Å². The molecule has 0 fully saturated rings. The number of nitrogens with two attached hydrogens (primary N) is 1. The summed E-state index contributed by atoms with van der Waals surface area (Å²) in [5.41, 5.74) is 9.09. The minimum Gasteiger partial charge on any atom is -0.382 e. The van der Waals surface area contributed by atoms with E-state index in [1.165, 1.54) is 0 Å². The van der Waals surface area contributed by atoms with Crippen LogP contribution in [0, 0.1) is 0 Å². The zero-order chi connectivity index (χ0) is 11.7. The molecule has 16 heavy (non-hydrogen) atoms. The van der Waals surface area contributed by atoms with Crippen molar-refractivity contribution < 1.29 is 0 Å². The Hall–Kier alpha value is -1.29. The van der Waals surface area contributed by atoms with Crippen LogP contribution in [-0.4, -0.2) is 10.2 Å². The molecule has 84 valence electrons. The number of anilines is 1. The van der Waals surface area contributed by atoms with Gasteiger partial charge in [0.15, 0.2) is 5.82 Å². The Morgan fingerprint density at radius 1 is 1.25 bits per heavy atom. The van der Waals surface area contributed by atoms with E-state index in [2.05, 4.69) is 40.0 Å². The van der Waals surface area contributed by atoms with Crippen molar-refractivity contribution in [1.82, 2.24) is 10.2 Å². The maximum Gasteiger partial charge on any atom is 0.153 e. The monoisotopic (exact) mass is 279 g/mol. The van der Waals surface area contributed by atoms with Gasteiger partial charge < -0.3 is 5.73 Å². The molecular weight excluding hydrogens is 266 g/mol. The molecule has 0 bridgehead atoms. The fraction of sp³-hybridized carbons (Fsp3) is 0.250. The quantitative estimate of drug-likeness (QED) is 0.884. The molecule has 1 heterocycles. The summed E-state index contributed by atoms with van der Waals surface area (Å²) in [7, 11) is 0. The molecule has 0 unspecified atom stereocenters. The molecule has 0 saturated heterocycles. The molecule has 0 atom stereocenters. The van der Waals surface area contributed by atoms with Crippen molar-refractivity contribution in [3.63, 3.8) is 0 Å². The molecule has 4 heteroatoms. The number of nitrogens with one attached hydrogen (secondary N) is 1. The molecule has 2 aromatic rings. The number of nitrogens with zero attached hydrogens (tertiary/aromatic N) is 1. The first kappa shape index (κ1) is 11.2. The van der Waals surface area contributed by atoms with E-state index in [4.69, 9.17) is 5.73 Å². The van der Waals surface area contributed by atoms with Gasteiger partial charge in [-0.15, -0.1) is 0 Å². The zero-order valence-electron chi connectivity index (χ0n) is 9.29. The Kier molecular flexibility index (Phi) is 3.01. The predicted molar refractivity (Wildman–Crippen MR) is 70.2 cm³/mol. The summed E-state index contributed by atoms with van der Waals surface area (Å²) in [6.07, 6.45) is 0. The second-order valence-electron chi connectivity index (χ2n) is 4.06. The fourth-order valence-electron chi connectivity index (χ4n) is 1.71. The lowest BCUT2D eigenvalue weighted by atomic mass is 9.99. The molecule has 0 radical (unpaired) electrons. The van der Waals surface area contributed by atoms with Crippen molar-refractivity contribution in [2.24, 2.45) is 0 Å². The van der Waals surface area contributed by atoms with Crippen molar-refractivity contribution in [3.05, 3.63) is 34.4 Å². The molecule has 2 rings (SSSR count). The van der Waals surface area contributed by atoms with Gasteiger partial charge >= 0.3 is 0 Å². The van der Waals surface area contributed by atoms with Gasteiger partial charge in [-0.1, -0.05) is 41.9 Å². The molecule has 0 aliphatic heterocycles. The third kappa shape index (κ3) is 1.97. The summed E-state index contributed by atoms with van der Waals surface area (Å²) in [5.74, 6) is 0.939. The largest absolute Gasteiger partial charge is 0.382 e. The first-order valence-corrected chi connectivity index (χ1v) is 5.98. The fourth-order valence-corrected chi connectivity index (χ4v) is 1.97. The molecular formula is C12H14BrN3. The van der Waals surface area contributed by atoms with Crippen molar-refractivity contribution >= 4 is 21.7 Å². The average Bonchev–Trinajstić information content (AvgIpc) is 2.62. The van der Waals surface area contributed by atoms with Crippen LogP contribution in [0.5, 0.6) is 0 Å². The van der Waals surface area contributed by atoms with Crippen LogP contribution in [-0.2, 0) is 0 Å². The number of hydrogen-bond acceptors (Lipinski definition) is 2. The number of nitrogen functional groups attached to an aromatic ring is 1. The van der Waals surface area contributed by atoms with Crippen LogP contribution in [0.3, 0.4) is 0 Å². The van der Waals surface area contributed by atoms with Gasteiger partial charge in [-0.2, -0.15) is 5.10 Å². The van der Waals surface area contributed by atoms with E-state index >= 15 is 0 Å². The van der Waals surface area contributed by atoms with Gasteiger partial charge in [-0.05, 0) is 23.6 Å². The Bertz CT molecular complexity index is 485. The molecule has 0 aliphatic rings. The highest BCUT2D eigenvalue weighted by Crippen LogP contribution is 2.32. The normalized spacial score (nSPS) is 11.0. The lowest BCUT2D eigenvalue weighted by Crippen LogP contribution is -1.92. The van der Waals surface area contributed by atoms with Crippen molar-refractivity contribution in [3.8, 4) is 11.1 Å². The predicted octanol–water partition coefficient (Wildman–Crippen LogP) is 3.54. The van der Waals surface area contributed by atoms with Crippen LogP contribution in [0.4, 0.5) is 5.82 Å². The summed E-state index contributed by atoms with van der Waals surface area (Å²) >= 11 is 3.42. The van der Waals surface area contributed by atoms with Crippen LogP contribution in [0.15, 0.2) is 28.7 Å². The second kappa shape index (κ2) is 4.29. The second-order valence-corrected chi connectivity index (χ2v) is 4.97. The molecule has 3 N–H and O–H groups in total. The van der Waals surface area contributed by atoms with E-state index in [-0.39, 0.29) is 0 Å². The maximum absolute atomic E-state index is 5.90. The van der Waals surface area contributed by atoms with Gasteiger partial charge in [0.2, 0.25) is 0 Å². The lowest BCUT2D eigenvalue weighted by molar-refractivity contribution is 0.812. The molecule has 0 aliphatic carbocycles. The van der Waals surface area contributed by atoms with Crippen LogP contribution in [0.1, 0.15) is 25.5 Å². The van der Waals surface area contributed by atoms with Crippen LogP contribution in [0.2, 0.25) is 0 Å². The number of rotatable bonds is 2. The number of aromatic amines is 1. The number of halogens is 1. The standard InChI is InChI=1S/C12H14BrN3/c1-7(2)11-10(12(14)16-15-11)8-3-5-9(13)6-4-8/h3-7H,1-2H3,(H3,14,15,16). The number of hydrogen-bond donors (Lipinski definition) is 2. The minimum absolute atomic E-state index is 0.378. The first-order valence-electron chi connectivity index (χ1n) is 5.19. The smallest absolute Gasteiger partial charge is 0.153 e. The Balaban J connectivity index is 2.54. The number of benzene rings is 1. The van der Waals surface area contributed by atoms with E-state index in [1.54, 1.807) is 0 Å². The molecule has 0 spiro atoms. The summed E-state index contributed by atoms with van der Waals surface area (Å²) in [5, 5.41) is 7.08. The molecule has 1 aromatic heterocycles. The van der Waals surface area contributed by atoms with Gasteiger partial charge in [0.25, 0.3) is 0 Å². The number of aromatic nitrogens is 2. The molecule has 0 saturated carbocycles. The Morgan fingerprint density at radius 2 is 1.88 bits per heavy atom. The highest BCUT2D eigenvalue weighted by Gasteiger charge is 2.15. The van der Waals surface area contributed by atoms with E-state index in [0.717, 1.165) is 21.3 Å². The van der Waals surface area contributed by atoms with Crippen LogP contribution < -0.4 is 5.73 Å². The third-order valence-corrected chi connectivity index (χ3v) is 3.06. The van der Waals surface area contributed by atoms with Gasteiger partial charge in [-0.3, -0.25) is 5.10 Å². The van der Waals surface area contributed by atoms with Crippen molar-refractivity contribution in [1.29, 1.82) is 0 Å². The first-order chi connectivity index (χ1) is 7.59. The van der Waals surface area contributed by atoms with E-state index in [9.17, 15) is 0 Å². The highest BCUT2D eigenvalue weighted by molar-refractivity contribution is 9.10. The van der Waals surface area contributed by atoms with Gasteiger partial charge in [0.1, 0.15) is 0 Å². The van der Waals surface area contributed by atoms with E-state index in [1.807, 2.05) is 24.3 Å². The SMILES string of the molecule is CC(C)c1[nH]nc(N)c1-c1ccc(Br)cc1. The van der Waals surface area contributed by atoms with E-state index in [0.29, 0.717) is 11.7 Å². The summed E-state index contributed by atoms with van der Waals surface area (Å²) < 4.78 is 1.06. The van der Waals surface area contributed by atoms with Gasteiger partial charge in [0, 0.05) is 15.7 Å². The van der Waals surface area contributed by atoms with Crippen molar-refractivity contribution in [2.45, 2.75) is 19.8 Å². The maximum atomic E-state index is 5.90. The van der Waals surface area contributed by atoms with Gasteiger partial charge in [0.05, 0.1) is 0 Å². The third-order valence-electron chi connectivity index (χ3n) is 2.53. The Morgan fingerprint density at radius 3 is 2.44 bits per heavy atom. The van der Waals surface area contributed by atoms with Gasteiger partial charge in [-0.25, -0.2) is 0 Å². The molecule has 3 nitrogen and oxygen atoms in total. The minimum atomic E-state index is 0.378. The zero-order valence-corrected chi connectivity index (χ0v) is 10.9. The summed E-state index contributed by atoms with van der Waals surface area (Å²) in [6.45, 7) is 4.24. The van der Waals surface area contributed by atoms with Crippen molar-refractivity contribution in [2.75, 3.05) is 5.73 Å². The van der Waals surface area contributed by atoms with E-state index < -0.39 is 0 Å². The number of H-pyrrole nitrogens is 1. The summed E-state index contributed by atoms with van der Waals surface area (Å²) in [4.78, 5) is 0. The average molecular weight is 280 g/mol. The molecule has 0 amide bonds. The lowest BCUT2D eigenvalue weighted by Gasteiger charge is -2.07. The van der Waals surface area contributed by atoms with Crippen LogP contribution >= 0.6 is 15.9 Å².